The lowest BCUT2D eigenvalue weighted by Gasteiger charge is -2.18. The number of aliphatic hydroxyl groups is 1. The smallest absolute Gasteiger partial charge is 0.241 e. The van der Waals surface area contributed by atoms with E-state index in [-0.39, 0.29) is 23.0 Å². The molecule has 0 bridgehead atoms. The fraction of sp³-hybridized carbons (Fsp3) is 0.571. The first-order chi connectivity index (χ1) is 9.23. The van der Waals surface area contributed by atoms with Gasteiger partial charge in [-0.1, -0.05) is 19.9 Å². The quantitative estimate of drug-likeness (QED) is 0.866. The molecule has 0 saturated heterocycles. The van der Waals surface area contributed by atoms with Crippen LogP contribution in [0.3, 0.4) is 0 Å². The zero-order valence-corrected chi connectivity index (χ0v) is 14.1. The molecule has 0 amide bonds. The number of halogens is 1. The third kappa shape index (κ3) is 3.61. The number of rotatable bonds is 4. The molecule has 2 N–H and O–H groups in total. The Bertz CT molecular complexity index is 598. The van der Waals surface area contributed by atoms with Crippen molar-refractivity contribution in [2.45, 2.75) is 50.7 Å². The Morgan fingerprint density at radius 3 is 2.65 bits per heavy atom. The number of sulfonamides is 1. The van der Waals surface area contributed by atoms with Gasteiger partial charge >= 0.3 is 0 Å². The summed E-state index contributed by atoms with van der Waals surface area (Å²) in [6, 6.07) is 4.78. The van der Waals surface area contributed by atoms with Crippen LogP contribution in [0.2, 0.25) is 0 Å². The highest BCUT2D eigenvalue weighted by Gasteiger charge is 2.33. The molecule has 0 aliphatic heterocycles. The van der Waals surface area contributed by atoms with E-state index in [1.165, 1.54) is 6.07 Å². The summed E-state index contributed by atoms with van der Waals surface area (Å²) in [5.41, 5.74) is 0.878. The van der Waals surface area contributed by atoms with Crippen molar-refractivity contribution in [3.63, 3.8) is 0 Å². The van der Waals surface area contributed by atoms with Crippen LogP contribution in [0, 0.1) is 5.41 Å². The molecule has 1 atom stereocenters. The summed E-state index contributed by atoms with van der Waals surface area (Å²) in [6.07, 6.45) is 2.77. The van der Waals surface area contributed by atoms with Gasteiger partial charge in [-0.25, -0.2) is 13.1 Å². The molecule has 0 aromatic heterocycles. The number of aliphatic hydroxyl groups excluding tert-OH is 1. The molecule has 6 heteroatoms. The Labute approximate surface area is 128 Å². The van der Waals surface area contributed by atoms with E-state index >= 15 is 0 Å². The molecule has 1 aliphatic rings. The standard InChI is InChI=1S/C14H20BrNO3S/c1-14(2)6-5-11(8-14)16-20(18,19)13-4-3-10(9-17)7-12(13)15/h3-4,7,11,16-17H,5-6,8-9H2,1-2H3. The highest BCUT2D eigenvalue weighted by Crippen LogP contribution is 2.37. The normalized spacial score (nSPS) is 22.1. The number of hydrogen-bond acceptors (Lipinski definition) is 3. The van der Waals surface area contributed by atoms with E-state index in [1.54, 1.807) is 12.1 Å². The second-order valence-electron chi connectivity index (χ2n) is 6.15. The lowest BCUT2D eigenvalue weighted by Crippen LogP contribution is -2.33. The van der Waals surface area contributed by atoms with Crippen molar-refractivity contribution in [1.82, 2.24) is 4.72 Å². The van der Waals surface area contributed by atoms with Crippen LogP contribution in [0.5, 0.6) is 0 Å². The first-order valence-electron chi connectivity index (χ1n) is 6.65. The summed E-state index contributed by atoms with van der Waals surface area (Å²) in [7, 11) is -3.53. The van der Waals surface area contributed by atoms with Gasteiger partial charge in [-0.2, -0.15) is 0 Å². The van der Waals surface area contributed by atoms with E-state index in [0.29, 0.717) is 10.0 Å². The zero-order chi connectivity index (χ0) is 15.0. The van der Waals surface area contributed by atoms with E-state index < -0.39 is 10.0 Å². The molecule has 1 fully saturated rings. The molecule has 4 nitrogen and oxygen atoms in total. The van der Waals surface area contributed by atoms with Crippen molar-refractivity contribution >= 4 is 26.0 Å². The Morgan fingerprint density at radius 2 is 2.15 bits per heavy atom. The van der Waals surface area contributed by atoms with Gasteiger partial charge in [-0.3, -0.25) is 0 Å². The molecule has 1 aromatic carbocycles. The molecular weight excluding hydrogens is 342 g/mol. The maximum atomic E-state index is 12.4. The van der Waals surface area contributed by atoms with Crippen LogP contribution in [0.25, 0.3) is 0 Å². The van der Waals surface area contributed by atoms with Gasteiger partial charge < -0.3 is 5.11 Å². The number of hydrogen-bond donors (Lipinski definition) is 2. The fourth-order valence-electron chi connectivity index (χ4n) is 2.68. The highest BCUT2D eigenvalue weighted by molar-refractivity contribution is 9.10. The lowest BCUT2D eigenvalue weighted by atomic mass is 9.92. The number of nitrogens with one attached hydrogen (secondary N) is 1. The maximum absolute atomic E-state index is 12.4. The highest BCUT2D eigenvalue weighted by atomic mass is 79.9. The van der Waals surface area contributed by atoms with Crippen LogP contribution in [0.4, 0.5) is 0 Å². The Hall–Kier alpha value is -0.430. The number of benzene rings is 1. The summed E-state index contributed by atoms with van der Waals surface area (Å²) in [5, 5.41) is 9.06. The minimum Gasteiger partial charge on any atom is -0.392 e. The van der Waals surface area contributed by atoms with Crippen molar-refractivity contribution in [2.24, 2.45) is 5.41 Å². The Kier molecular flexibility index (Phi) is 4.59. The van der Waals surface area contributed by atoms with Crippen LogP contribution >= 0.6 is 15.9 Å². The molecule has 1 saturated carbocycles. The van der Waals surface area contributed by atoms with E-state index in [0.717, 1.165) is 19.3 Å². The monoisotopic (exact) mass is 361 g/mol. The largest absolute Gasteiger partial charge is 0.392 e. The predicted octanol–water partition coefficient (Wildman–Crippen LogP) is 2.80. The van der Waals surface area contributed by atoms with Crippen LogP contribution in [-0.4, -0.2) is 19.6 Å². The first kappa shape index (κ1) is 15.9. The maximum Gasteiger partial charge on any atom is 0.241 e. The molecule has 1 aromatic rings. The third-order valence-corrected chi connectivity index (χ3v) is 6.26. The summed E-state index contributed by atoms with van der Waals surface area (Å²) < 4.78 is 28.1. The molecule has 1 aliphatic carbocycles. The second kappa shape index (κ2) is 5.75. The van der Waals surface area contributed by atoms with Gasteiger partial charge in [-0.05, 0) is 58.3 Å². The minimum absolute atomic E-state index is 0.000539. The minimum atomic E-state index is -3.53. The molecule has 112 valence electrons. The molecule has 0 radical (unpaired) electrons. The Balaban J connectivity index is 2.19. The molecule has 1 unspecified atom stereocenters. The fourth-order valence-corrected chi connectivity index (χ4v) is 5.08. The summed E-state index contributed by atoms with van der Waals surface area (Å²) in [5.74, 6) is 0. The van der Waals surface area contributed by atoms with Crippen molar-refractivity contribution in [3.05, 3.63) is 28.2 Å². The van der Waals surface area contributed by atoms with Crippen molar-refractivity contribution < 1.29 is 13.5 Å². The van der Waals surface area contributed by atoms with Gasteiger partial charge in [0, 0.05) is 10.5 Å². The summed E-state index contributed by atoms with van der Waals surface area (Å²) >= 11 is 3.27. The Morgan fingerprint density at radius 1 is 1.45 bits per heavy atom. The van der Waals surface area contributed by atoms with Gasteiger partial charge in [0.2, 0.25) is 10.0 Å². The van der Waals surface area contributed by atoms with E-state index in [1.807, 2.05) is 0 Å². The van der Waals surface area contributed by atoms with Gasteiger partial charge in [0.1, 0.15) is 0 Å². The van der Waals surface area contributed by atoms with Crippen molar-refractivity contribution in [2.75, 3.05) is 0 Å². The van der Waals surface area contributed by atoms with Gasteiger partial charge in [0.05, 0.1) is 11.5 Å². The van der Waals surface area contributed by atoms with Gasteiger partial charge in [0.25, 0.3) is 0 Å². The van der Waals surface area contributed by atoms with E-state index in [4.69, 9.17) is 5.11 Å². The summed E-state index contributed by atoms with van der Waals surface area (Å²) in [4.78, 5) is 0.222. The van der Waals surface area contributed by atoms with Gasteiger partial charge in [0.15, 0.2) is 0 Å². The molecule has 20 heavy (non-hydrogen) atoms. The van der Waals surface area contributed by atoms with Crippen LogP contribution < -0.4 is 4.72 Å². The van der Waals surface area contributed by atoms with Crippen LogP contribution in [-0.2, 0) is 16.6 Å². The van der Waals surface area contributed by atoms with Gasteiger partial charge in [-0.15, -0.1) is 0 Å². The lowest BCUT2D eigenvalue weighted by molar-refractivity contribution is 0.281. The predicted molar refractivity (Wildman–Crippen MR) is 81.8 cm³/mol. The average molecular weight is 362 g/mol. The topological polar surface area (TPSA) is 66.4 Å². The van der Waals surface area contributed by atoms with E-state index in [9.17, 15) is 8.42 Å². The van der Waals surface area contributed by atoms with E-state index in [2.05, 4.69) is 34.5 Å². The second-order valence-corrected chi connectivity index (χ2v) is 8.68. The molecule has 0 spiro atoms. The average Bonchev–Trinajstić information content (AvgIpc) is 2.67. The molecule has 2 rings (SSSR count). The van der Waals surface area contributed by atoms with Crippen LogP contribution in [0.1, 0.15) is 38.7 Å². The zero-order valence-electron chi connectivity index (χ0n) is 11.7. The van der Waals surface area contributed by atoms with Crippen LogP contribution in [0.15, 0.2) is 27.6 Å². The molecular formula is C14H20BrNO3S. The molecule has 0 heterocycles. The third-order valence-electron chi connectivity index (χ3n) is 3.76. The van der Waals surface area contributed by atoms with Crippen molar-refractivity contribution in [1.29, 1.82) is 0 Å². The van der Waals surface area contributed by atoms with Crippen molar-refractivity contribution in [3.8, 4) is 0 Å². The SMILES string of the molecule is CC1(C)CCC(NS(=O)(=O)c2ccc(CO)cc2Br)C1. The summed E-state index contributed by atoms with van der Waals surface area (Å²) in [6.45, 7) is 4.21. The first-order valence-corrected chi connectivity index (χ1v) is 8.93.